The topological polar surface area (TPSA) is 171 Å². The van der Waals surface area contributed by atoms with Crippen LogP contribution < -0.4 is 21.3 Å². The first kappa shape index (κ1) is 26.9. The van der Waals surface area contributed by atoms with Gasteiger partial charge in [-0.25, -0.2) is 0 Å². The van der Waals surface area contributed by atoms with E-state index in [4.69, 9.17) is 5.11 Å². The molecule has 0 aliphatic carbocycles. The highest BCUT2D eigenvalue weighted by Gasteiger charge is 2.22. The predicted molar refractivity (Wildman–Crippen MR) is 109 cm³/mol. The molecule has 29 heavy (non-hydrogen) atoms. The molecule has 0 aromatic carbocycles. The molecule has 0 aliphatic heterocycles. The maximum atomic E-state index is 12.1. The van der Waals surface area contributed by atoms with Crippen LogP contribution in [0.4, 0.5) is 0 Å². The van der Waals surface area contributed by atoms with Gasteiger partial charge >= 0.3 is 0 Å². The lowest BCUT2D eigenvalue weighted by molar-refractivity contribution is -0.129. The molecule has 4 amide bonds. The van der Waals surface area contributed by atoms with Crippen LogP contribution in [0.1, 0.15) is 20.8 Å². The summed E-state index contributed by atoms with van der Waals surface area (Å²) >= 11 is 0. The standard InChI is InChI=1S/C16H26N4O7S2/c1-9(22)4-17-15(26)13(19-10(2)23)7-28-29-8-14(20-11(3)24)16(27)18-5-12(25)6-21/h13-14,21H,4-8H2,1-3H3,(H,17,26)(H,18,27)(H,19,23)(H,20,24)/t13-,14-/m0/s1. The van der Waals surface area contributed by atoms with Crippen molar-refractivity contribution in [2.45, 2.75) is 32.9 Å². The van der Waals surface area contributed by atoms with Crippen LogP contribution in [0, 0.1) is 0 Å². The molecule has 2 atom stereocenters. The summed E-state index contributed by atoms with van der Waals surface area (Å²) in [5.74, 6) is -2.47. The number of aliphatic hydroxyl groups is 1. The first-order valence-corrected chi connectivity index (χ1v) is 11.0. The molecule has 0 aromatic heterocycles. The number of rotatable bonds is 14. The fourth-order valence-electron chi connectivity index (χ4n) is 1.79. The first-order chi connectivity index (χ1) is 13.6. The van der Waals surface area contributed by atoms with Gasteiger partial charge in [0, 0.05) is 25.4 Å². The Hall–Kier alpha value is -2.12. The number of nitrogens with one attached hydrogen (secondary N) is 4. The van der Waals surface area contributed by atoms with Crippen molar-refractivity contribution < 1.29 is 33.9 Å². The highest BCUT2D eigenvalue weighted by molar-refractivity contribution is 8.76. The molecule has 0 saturated carbocycles. The van der Waals surface area contributed by atoms with Crippen molar-refractivity contribution in [1.82, 2.24) is 21.3 Å². The molecule has 11 nitrogen and oxygen atoms in total. The highest BCUT2D eigenvalue weighted by Crippen LogP contribution is 2.23. The van der Waals surface area contributed by atoms with Gasteiger partial charge in [0.2, 0.25) is 23.6 Å². The Morgan fingerprint density at radius 1 is 0.759 bits per heavy atom. The summed E-state index contributed by atoms with van der Waals surface area (Å²) in [6.45, 7) is 2.61. The fraction of sp³-hybridized carbons (Fsp3) is 0.625. The molecular weight excluding hydrogens is 424 g/mol. The van der Waals surface area contributed by atoms with E-state index in [1.165, 1.54) is 42.4 Å². The number of hydrogen-bond donors (Lipinski definition) is 5. The van der Waals surface area contributed by atoms with Gasteiger partial charge in [-0.1, -0.05) is 21.6 Å². The molecule has 164 valence electrons. The van der Waals surface area contributed by atoms with Crippen molar-refractivity contribution in [2.75, 3.05) is 31.2 Å². The predicted octanol–water partition coefficient (Wildman–Crippen LogP) is -2.24. The Morgan fingerprint density at radius 2 is 1.17 bits per heavy atom. The number of ketones is 2. The van der Waals surface area contributed by atoms with E-state index < -0.39 is 48.1 Å². The molecule has 0 fully saturated rings. The second-order valence-corrected chi connectivity index (χ2v) is 8.46. The maximum Gasteiger partial charge on any atom is 0.243 e. The van der Waals surface area contributed by atoms with Crippen LogP contribution in [0.2, 0.25) is 0 Å². The van der Waals surface area contributed by atoms with E-state index in [1.807, 2.05) is 0 Å². The third-order valence-electron chi connectivity index (χ3n) is 3.09. The van der Waals surface area contributed by atoms with Crippen LogP contribution in [-0.2, 0) is 28.8 Å². The van der Waals surface area contributed by atoms with Crippen LogP contribution in [0.3, 0.4) is 0 Å². The molecule has 0 heterocycles. The summed E-state index contributed by atoms with van der Waals surface area (Å²) in [5, 5.41) is 18.3. The molecule has 0 spiro atoms. The minimum Gasteiger partial charge on any atom is -0.389 e. The molecule has 0 unspecified atom stereocenters. The molecule has 0 aromatic rings. The van der Waals surface area contributed by atoms with E-state index in [9.17, 15) is 28.8 Å². The van der Waals surface area contributed by atoms with Gasteiger partial charge in [-0.15, -0.1) is 0 Å². The van der Waals surface area contributed by atoms with Crippen molar-refractivity contribution in [3.8, 4) is 0 Å². The van der Waals surface area contributed by atoms with Crippen LogP contribution in [-0.4, -0.2) is 83.6 Å². The molecule has 5 N–H and O–H groups in total. The van der Waals surface area contributed by atoms with E-state index in [0.29, 0.717) is 0 Å². The molecule has 0 radical (unpaired) electrons. The molecule has 0 aliphatic rings. The summed E-state index contributed by atoms with van der Waals surface area (Å²) < 4.78 is 0. The summed E-state index contributed by atoms with van der Waals surface area (Å²) in [5.41, 5.74) is 0. The highest BCUT2D eigenvalue weighted by atomic mass is 33.1. The monoisotopic (exact) mass is 450 g/mol. The zero-order chi connectivity index (χ0) is 22.4. The van der Waals surface area contributed by atoms with Crippen molar-refractivity contribution >= 4 is 56.8 Å². The van der Waals surface area contributed by atoms with Crippen LogP contribution >= 0.6 is 21.6 Å². The Bertz CT molecular complexity index is 630. The maximum absolute atomic E-state index is 12.1. The van der Waals surface area contributed by atoms with Gasteiger partial charge in [-0.2, -0.15) is 0 Å². The minimum atomic E-state index is -0.928. The van der Waals surface area contributed by atoms with Crippen LogP contribution in [0.5, 0.6) is 0 Å². The SMILES string of the molecule is CC(=O)CNC(=O)[C@H](CSSC[C@H](NC(C)=O)C(=O)NCC(=O)CO)NC(C)=O. The molecule has 13 heteroatoms. The number of carbonyl (C=O) groups is 6. The van der Waals surface area contributed by atoms with E-state index in [0.717, 1.165) is 0 Å². The van der Waals surface area contributed by atoms with Crippen LogP contribution in [0.25, 0.3) is 0 Å². The van der Waals surface area contributed by atoms with E-state index in [2.05, 4.69) is 21.3 Å². The third kappa shape index (κ3) is 13.7. The second kappa shape index (κ2) is 14.8. The lowest BCUT2D eigenvalue weighted by Gasteiger charge is -2.19. The van der Waals surface area contributed by atoms with Gasteiger partial charge in [0.1, 0.15) is 24.5 Å². The van der Waals surface area contributed by atoms with Gasteiger partial charge in [0.25, 0.3) is 0 Å². The number of aliphatic hydroxyl groups excluding tert-OH is 1. The summed E-state index contributed by atoms with van der Waals surface area (Å²) in [7, 11) is 2.36. The van der Waals surface area contributed by atoms with E-state index >= 15 is 0 Å². The Labute approximate surface area is 176 Å². The zero-order valence-electron chi connectivity index (χ0n) is 16.4. The lowest BCUT2D eigenvalue weighted by atomic mass is 10.3. The Morgan fingerprint density at radius 3 is 1.52 bits per heavy atom. The fourth-order valence-corrected chi connectivity index (χ4v) is 4.12. The van der Waals surface area contributed by atoms with Crippen molar-refractivity contribution in [2.24, 2.45) is 0 Å². The minimum absolute atomic E-state index is 0.130. The number of amides is 4. The molecular formula is C16H26N4O7S2. The Kier molecular flexibility index (Phi) is 13.7. The van der Waals surface area contributed by atoms with E-state index in [-0.39, 0.29) is 30.4 Å². The third-order valence-corrected chi connectivity index (χ3v) is 5.51. The van der Waals surface area contributed by atoms with Gasteiger partial charge in [0.15, 0.2) is 5.78 Å². The number of carbonyl (C=O) groups excluding carboxylic acids is 6. The smallest absolute Gasteiger partial charge is 0.243 e. The van der Waals surface area contributed by atoms with E-state index in [1.54, 1.807) is 0 Å². The van der Waals surface area contributed by atoms with Gasteiger partial charge in [-0.3, -0.25) is 28.8 Å². The largest absolute Gasteiger partial charge is 0.389 e. The first-order valence-electron chi connectivity index (χ1n) is 8.52. The number of hydrogen-bond acceptors (Lipinski definition) is 9. The van der Waals surface area contributed by atoms with Crippen molar-refractivity contribution in [3.63, 3.8) is 0 Å². The summed E-state index contributed by atoms with van der Waals surface area (Å²) in [4.78, 5) is 68.8. The van der Waals surface area contributed by atoms with Crippen LogP contribution in [0.15, 0.2) is 0 Å². The quantitative estimate of drug-likeness (QED) is 0.145. The average molecular weight is 451 g/mol. The average Bonchev–Trinajstić information content (AvgIpc) is 2.64. The summed E-state index contributed by atoms with van der Waals surface area (Å²) in [6, 6.07) is -1.80. The van der Waals surface area contributed by atoms with Gasteiger partial charge in [-0.05, 0) is 6.92 Å². The zero-order valence-corrected chi connectivity index (χ0v) is 18.0. The van der Waals surface area contributed by atoms with Crippen molar-refractivity contribution in [3.05, 3.63) is 0 Å². The van der Waals surface area contributed by atoms with Gasteiger partial charge < -0.3 is 26.4 Å². The molecule has 0 bridgehead atoms. The van der Waals surface area contributed by atoms with Gasteiger partial charge in [0.05, 0.1) is 13.1 Å². The molecule has 0 rings (SSSR count). The Balaban J connectivity index is 4.65. The summed E-state index contributed by atoms with van der Waals surface area (Å²) in [6.07, 6.45) is 0. The van der Waals surface area contributed by atoms with Crippen molar-refractivity contribution in [1.29, 1.82) is 0 Å². The normalized spacial score (nSPS) is 12.3. The lowest BCUT2D eigenvalue weighted by Crippen LogP contribution is -2.49. The molecule has 0 saturated heterocycles. The second-order valence-electron chi connectivity index (χ2n) is 5.91. The number of Topliss-reactive ketones (excluding diaryl/α,β-unsaturated/α-hetero) is 2.